The van der Waals surface area contributed by atoms with Gasteiger partial charge in [-0.15, -0.1) is 0 Å². The molecule has 0 saturated carbocycles. The molecule has 0 spiro atoms. The number of rotatable bonds is 3. The third-order valence-corrected chi connectivity index (χ3v) is 5.13. The van der Waals surface area contributed by atoms with Crippen LogP contribution in [0.3, 0.4) is 0 Å². The van der Waals surface area contributed by atoms with Gasteiger partial charge in [0.25, 0.3) is 0 Å². The molecule has 29 heavy (non-hydrogen) atoms. The summed E-state index contributed by atoms with van der Waals surface area (Å²) in [5, 5.41) is 6.18. The van der Waals surface area contributed by atoms with Crippen LogP contribution in [-0.2, 0) is 9.59 Å². The van der Waals surface area contributed by atoms with Crippen molar-refractivity contribution in [1.82, 2.24) is 15.2 Å². The largest absolute Gasteiger partial charge is 0.353 e. The van der Waals surface area contributed by atoms with Crippen molar-refractivity contribution in [3.8, 4) is 0 Å². The van der Waals surface area contributed by atoms with Crippen molar-refractivity contribution in [2.75, 3.05) is 36.4 Å². The lowest BCUT2D eigenvalue weighted by Crippen LogP contribution is -2.56. The molecule has 2 aliphatic rings. The summed E-state index contributed by atoms with van der Waals surface area (Å²) in [6.07, 6.45) is 1.80. The Balaban J connectivity index is 1.40. The molecule has 0 bridgehead atoms. The predicted octanol–water partition coefficient (Wildman–Crippen LogP) is 1.74. The van der Waals surface area contributed by atoms with Crippen LogP contribution < -0.4 is 15.5 Å². The van der Waals surface area contributed by atoms with Crippen molar-refractivity contribution < 1.29 is 9.59 Å². The second-order valence-electron chi connectivity index (χ2n) is 6.88. The number of halogens is 1. The third-order valence-electron chi connectivity index (χ3n) is 4.87. The highest BCUT2D eigenvalue weighted by Crippen LogP contribution is 2.17. The number of nitrogens with one attached hydrogen (secondary N) is 2. The van der Waals surface area contributed by atoms with Crippen molar-refractivity contribution in [3.63, 3.8) is 0 Å². The van der Waals surface area contributed by atoms with Crippen LogP contribution >= 0.6 is 11.6 Å². The van der Waals surface area contributed by atoms with Crippen LogP contribution in [0.1, 0.15) is 6.42 Å². The van der Waals surface area contributed by atoms with E-state index in [1.165, 1.54) is 0 Å². The van der Waals surface area contributed by atoms with E-state index < -0.39 is 6.04 Å². The van der Waals surface area contributed by atoms with Gasteiger partial charge in [-0.1, -0.05) is 17.7 Å². The van der Waals surface area contributed by atoms with Crippen molar-refractivity contribution in [3.05, 3.63) is 53.7 Å². The van der Waals surface area contributed by atoms with Crippen molar-refractivity contribution in [1.29, 1.82) is 0 Å². The Morgan fingerprint density at radius 1 is 1.07 bits per heavy atom. The van der Waals surface area contributed by atoms with Gasteiger partial charge in [0.05, 0.1) is 6.42 Å². The average Bonchev–Trinajstić information content (AvgIpc) is 2.75. The number of hydrogen-bond donors (Lipinski definition) is 2. The van der Waals surface area contributed by atoms with Crippen molar-refractivity contribution >= 4 is 40.9 Å². The number of benzene rings is 1. The summed E-state index contributed by atoms with van der Waals surface area (Å²) in [6, 6.07) is 11.9. The highest BCUT2D eigenvalue weighted by Gasteiger charge is 2.30. The average molecular weight is 413 g/mol. The molecule has 3 heterocycles. The molecule has 2 aromatic rings. The fourth-order valence-corrected chi connectivity index (χ4v) is 3.46. The van der Waals surface area contributed by atoms with Crippen LogP contribution in [0.25, 0.3) is 0 Å². The molecule has 150 valence electrons. The first-order valence-corrected chi connectivity index (χ1v) is 9.81. The second-order valence-corrected chi connectivity index (χ2v) is 7.32. The minimum atomic E-state index is -0.761. The lowest BCUT2D eigenvalue weighted by atomic mass is 10.1. The molecule has 1 saturated heterocycles. The third kappa shape index (κ3) is 4.65. The molecule has 1 aromatic carbocycles. The van der Waals surface area contributed by atoms with E-state index in [-0.39, 0.29) is 18.2 Å². The minimum absolute atomic E-state index is 0.0246. The van der Waals surface area contributed by atoms with Gasteiger partial charge < -0.3 is 15.1 Å². The molecule has 1 fully saturated rings. The maximum Gasteiger partial charge on any atom is 0.249 e. The number of carbonyl (C=O) groups is 2. The second kappa shape index (κ2) is 8.48. The summed E-state index contributed by atoms with van der Waals surface area (Å²) in [5.41, 5.74) is 0.617. The van der Waals surface area contributed by atoms with Crippen molar-refractivity contribution in [2.45, 2.75) is 12.5 Å². The van der Waals surface area contributed by atoms with Gasteiger partial charge in [0, 0.05) is 43.1 Å². The first-order chi connectivity index (χ1) is 14.1. The molecular formula is C20H21ClN6O2. The lowest BCUT2D eigenvalue weighted by molar-refractivity contribution is -0.125. The Labute approximate surface area is 173 Å². The number of hydrogen-bond acceptors (Lipinski definition) is 6. The van der Waals surface area contributed by atoms with E-state index in [2.05, 4.69) is 25.5 Å². The van der Waals surface area contributed by atoms with E-state index in [9.17, 15) is 9.59 Å². The molecule has 0 aliphatic carbocycles. The molecule has 1 atom stereocenters. The maximum atomic E-state index is 12.6. The zero-order chi connectivity index (χ0) is 20.2. The molecule has 1 aromatic heterocycles. The summed E-state index contributed by atoms with van der Waals surface area (Å²) in [6.45, 7) is 2.88. The first-order valence-electron chi connectivity index (χ1n) is 9.43. The monoisotopic (exact) mass is 412 g/mol. The number of aliphatic imine (C=N–C) groups is 1. The first kappa shape index (κ1) is 19.2. The standard InChI is InChI=1S/C20H21ClN6O2/c21-14-4-6-15(7-5-14)23-19(29)16-13-18(28)25-20(24-16)27-11-9-26(10-12-27)17-3-1-2-8-22-17/h1-8,16H,9-13H2,(H,23,29)(H,24,25,28)/t16-/m1/s1. The van der Waals surface area contributed by atoms with Gasteiger partial charge in [0.1, 0.15) is 11.9 Å². The lowest BCUT2D eigenvalue weighted by Gasteiger charge is -2.38. The fourth-order valence-electron chi connectivity index (χ4n) is 3.34. The van der Waals surface area contributed by atoms with Crippen LogP contribution in [0, 0.1) is 0 Å². The van der Waals surface area contributed by atoms with Gasteiger partial charge >= 0.3 is 0 Å². The Morgan fingerprint density at radius 2 is 1.79 bits per heavy atom. The molecule has 4 rings (SSSR count). The summed E-state index contributed by atoms with van der Waals surface area (Å²) in [4.78, 5) is 37.8. The Hall–Kier alpha value is -3.13. The van der Waals surface area contributed by atoms with Crippen LogP contribution in [0.2, 0.25) is 5.02 Å². The number of amides is 2. The molecule has 2 amide bonds. The predicted molar refractivity (Wildman–Crippen MR) is 112 cm³/mol. The molecule has 2 N–H and O–H groups in total. The van der Waals surface area contributed by atoms with Gasteiger partial charge in [-0.2, -0.15) is 0 Å². The van der Waals surface area contributed by atoms with E-state index in [1.54, 1.807) is 30.5 Å². The Kier molecular flexibility index (Phi) is 5.62. The molecule has 9 heteroatoms. The summed E-state index contributed by atoms with van der Waals surface area (Å²) in [5.74, 6) is 0.866. The van der Waals surface area contributed by atoms with Gasteiger partial charge in [0.15, 0.2) is 0 Å². The van der Waals surface area contributed by atoms with E-state index >= 15 is 0 Å². The Bertz CT molecular complexity index is 910. The zero-order valence-electron chi connectivity index (χ0n) is 15.7. The highest BCUT2D eigenvalue weighted by molar-refractivity contribution is 6.30. The number of pyridine rings is 1. The van der Waals surface area contributed by atoms with Gasteiger partial charge in [0.2, 0.25) is 17.8 Å². The fraction of sp³-hybridized carbons (Fsp3) is 0.300. The van der Waals surface area contributed by atoms with E-state index in [0.29, 0.717) is 29.8 Å². The Morgan fingerprint density at radius 3 is 2.48 bits per heavy atom. The molecular weight excluding hydrogens is 392 g/mol. The minimum Gasteiger partial charge on any atom is -0.353 e. The molecule has 0 radical (unpaired) electrons. The quantitative estimate of drug-likeness (QED) is 0.801. The maximum absolute atomic E-state index is 12.6. The molecule has 2 aliphatic heterocycles. The van der Waals surface area contributed by atoms with Crippen LogP contribution in [-0.4, -0.2) is 59.9 Å². The summed E-state index contributed by atoms with van der Waals surface area (Å²) < 4.78 is 0. The van der Waals surface area contributed by atoms with E-state index in [1.807, 2.05) is 23.1 Å². The molecule has 8 nitrogen and oxygen atoms in total. The van der Waals surface area contributed by atoms with Crippen LogP contribution in [0.4, 0.5) is 11.5 Å². The number of anilines is 2. The number of guanidine groups is 1. The van der Waals surface area contributed by atoms with Gasteiger partial charge in [-0.25, -0.2) is 9.98 Å². The summed E-state index contributed by atoms with van der Waals surface area (Å²) in [7, 11) is 0. The number of nitrogens with zero attached hydrogens (tertiary/aromatic N) is 4. The zero-order valence-corrected chi connectivity index (χ0v) is 16.5. The van der Waals surface area contributed by atoms with E-state index in [0.717, 1.165) is 18.9 Å². The normalized spacial score (nSPS) is 19.4. The van der Waals surface area contributed by atoms with Crippen molar-refractivity contribution in [2.24, 2.45) is 4.99 Å². The SMILES string of the molecule is O=C1C[C@H](C(=O)Nc2ccc(Cl)cc2)N=C(N2CCN(c3ccccn3)CC2)N1. The van der Waals surface area contributed by atoms with Crippen LogP contribution in [0.15, 0.2) is 53.7 Å². The smallest absolute Gasteiger partial charge is 0.249 e. The number of piperazine rings is 1. The van der Waals surface area contributed by atoms with Gasteiger partial charge in [-0.05, 0) is 36.4 Å². The summed E-state index contributed by atoms with van der Waals surface area (Å²) >= 11 is 5.87. The number of aromatic nitrogens is 1. The molecule has 0 unspecified atom stereocenters. The number of carbonyl (C=O) groups excluding carboxylic acids is 2. The van der Waals surface area contributed by atoms with E-state index in [4.69, 9.17) is 11.6 Å². The highest BCUT2D eigenvalue weighted by atomic mass is 35.5. The van der Waals surface area contributed by atoms with Crippen LogP contribution in [0.5, 0.6) is 0 Å². The van der Waals surface area contributed by atoms with Gasteiger partial charge in [-0.3, -0.25) is 14.9 Å². The topological polar surface area (TPSA) is 89.9 Å².